The fraction of sp³-hybridized carbons (Fsp3) is 0.333. The van der Waals surface area contributed by atoms with Crippen LogP contribution in [0.2, 0.25) is 0 Å². The zero-order chi connectivity index (χ0) is 13.4. The zero-order valence-corrected chi connectivity index (χ0v) is 10.2. The largest absolute Gasteiger partial charge is 0.493 e. The van der Waals surface area contributed by atoms with Gasteiger partial charge in [0.15, 0.2) is 0 Å². The summed E-state index contributed by atoms with van der Waals surface area (Å²) >= 11 is 0. The van der Waals surface area contributed by atoms with Gasteiger partial charge in [0.25, 0.3) is 5.91 Å². The van der Waals surface area contributed by atoms with Gasteiger partial charge in [-0.05, 0) is 19.1 Å². The van der Waals surface area contributed by atoms with Gasteiger partial charge in [-0.3, -0.25) is 4.79 Å². The van der Waals surface area contributed by atoms with Crippen LogP contribution < -0.4 is 15.8 Å². The van der Waals surface area contributed by atoms with Gasteiger partial charge in [0.2, 0.25) is 0 Å². The topological polar surface area (TPSA) is 96.9 Å². The number of amides is 1. The third-order valence-corrected chi connectivity index (χ3v) is 2.23. The van der Waals surface area contributed by atoms with Crippen LogP contribution >= 0.6 is 0 Å². The Balaban J connectivity index is 2.61. The van der Waals surface area contributed by atoms with Crippen LogP contribution in [0.5, 0.6) is 5.75 Å². The molecule has 1 aromatic carbocycles. The summed E-state index contributed by atoms with van der Waals surface area (Å²) in [5.74, 6) is 0.375. The van der Waals surface area contributed by atoms with E-state index in [9.17, 15) is 4.79 Å². The molecule has 0 aliphatic rings. The number of hydrogen-bond donors (Lipinski definition) is 3. The first-order valence-corrected chi connectivity index (χ1v) is 5.65. The first-order chi connectivity index (χ1) is 8.69. The molecule has 0 heterocycles. The number of benzene rings is 1. The van der Waals surface area contributed by atoms with Crippen molar-refractivity contribution in [1.82, 2.24) is 5.32 Å². The number of ether oxygens (including phenoxy) is 1. The van der Waals surface area contributed by atoms with E-state index in [1.165, 1.54) is 0 Å². The summed E-state index contributed by atoms with van der Waals surface area (Å²) in [5.41, 5.74) is 5.77. The Labute approximate surface area is 105 Å². The van der Waals surface area contributed by atoms with Gasteiger partial charge in [0, 0.05) is 13.0 Å². The third kappa shape index (κ3) is 3.97. The van der Waals surface area contributed by atoms with Crippen molar-refractivity contribution < 1.29 is 14.7 Å². The van der Waals surface area contributed by atoms with Crippen LogP contribution in [0.3, 0.4) is 0 Å². The van der Waals surface area contributed by atoms with E-state index >= 15 is 0 Å². The van der Waals surface area contributed by atoms with Gasteiger partial charge < -0.3 is 21.0 Å². The number of nitrogens with zero attached hydrogens (tertiary/aromatic N) is 1. The predicted molar refractivity (Wildman–Crippen MR) is 68.0 cm³/mol. The highest BCUT2D eigenvalue weighted by molar-refractivity contribution is 5.97. The molecular formula is C12H17N3O3. The van der Waals surface area contributed by atoms with E-state index < -0.39 is 0 Å². The number of nitrogens with two attached hydrogens (primary N) is 1. The maximum absolute atomic E-state index is 11.9. The second-order valence-corrected chi connectivity index (χ2v) is 3.53. The molecule has 6 heteroatoms. The summed E-state index contributed by atoms with van der Waals surface area (Å²) in [5, 5.41) is 13.9. The standard InChI is InChI=1S/C12H17N3O3/c1-2-18-10-6-4-3-5-9(10)12(16)14-8-7-11(13)15-17/h3-6,17H,2,7-8H2,1H3,(H2,13,15)(H,14,16). The molecule has 0 saturated heterocycles. The van der Waals surface area contributed by atoms with Crippen molar-refractivity contribution in [3.05, 3.63) is 29.8 Å². The lowest BCUT2D eigenvalue weighted by Crippen LogP contribution is -2.28. The number of hydrogen-bond acceptors (Lipinski definition) is 4. The summed E-state index contributed by atoms with van der Waals surface area (Å²) in [4.78, 5) is 11.9. The second-order valence-electron chi connectivity index (χ2n) is 3.53. The molecule has 0 radical (unpaired) electrons. The molecule has 0 aromatic heterocycles. The van der Waals surface area contributed by atoms with E-state index in [4.69, 9.17) is 15.7 Å². The highest BCUT2D eigenvalue weighted by Gasteiger charge is 2.11. The first-order valence-electron chi connectivity index (χ1n) is 5.65. The van der Waals surface area contributed by atoms with Gasteiger partial charge in [-0.15, -0.1) is 0 Å². The Hall–Kier alpha value is -2.24. The lowest BCUT2D eigenvalue weighted by molar-refractivity contribution is 0.0951. The number of carbonyl (C=O) groups excluding carboxylic acids is 1. The molecular weight excluding hydrogens is 234 g/mol. The van der Waals surface area contributed by atoms with Crippen molar-refractivity contribution >= 4 is 11.7 Å². The fourth-order valence-electron chi connectivity index (χ4n) is 1.38. The Morgan fingerprint density at radius 1 is 1.50 bits per heavy atom. The third-order valence-electron chi connectivity index (χ3n) is 2.23. The van der Waals surface area contributed by atoms with E-state index in [2.05, 4.69) is 10.5 Å². The molecule has 0 aliphatic heterocycles. The summed E-state index contributed by atoms with van der Waals surface area (Å²) < 4.78 is 5.36. The number of nitrogens with one attached hydrogen (secondary N) is 1. The van der Waals surface area contributed by atoms with Crippen molar-refractivity contribution in [3.63, 3.8) is 0 Å². The van der Waals surface area contributed by atoms with E-state index in [0.29, 0.717) is 30.9 Å². The number of amidine groups is 1. The minimum Gasteiger partial charge on any atom is -0.493 e. The summed E-state index contributed by atoms with van der Waals surface area (Å²) in [6.07, 6.45) is 0.291. The van der Waals surface area contributed by atoms with Gasteiger partial charge in [-0.25, -0.2) is 0 Å². The molecule has 1 rings (SSSR count). The van der Waals surface area contributed by atoms with Crippen molar-refractivity contribution in [2.24, 2.45) is 10.9 Å². The number of para-hydroxylation sites is 1. The molecule has 0 unspecified atom stereocenters. The van der Waals surface area contributed by atoms with Crippen LogP contribution in [0.4, 0.5) is 0 Å². The minimum absolute atomic E-state index is 0.0772. The first kappa shape index (κ1) is 13.8. The van der Waals surface area contributed by atoms with Crippen molar-refractivity contribution in [2.75, 3.05) is 13.2 Å². The molecule has 0 spiro atoms. The number of carbonyl (C=O) groups is 1. The molecule has 1 amide bonds. The van der Waals surface area contributed by atoms with Crippen LogP contribution in [-0.2, 0) is 0 Å². The highest BCUT2D eigenvalue weighted by Crippen LogP contribution is 2.17. The second kappa shape index (κ2) is 7.16. The van der Waals surface area contributed by atoms with Crippen LogP contribution in [-0.4, -0.2) is 30.1 Å². The zero-order valence-electron chi connectivity index (χ0n) is 10.2. The van der Waals surface area contributed by atoms with Gasteiger partial charge in [-0.1, -0.05) is 17.3 Å². The van der Waals surface area contributed by atoms with Crippen molar-refractivity contribution in [3.8, 4) is 5.75 Å². The van der Waals surface area contributed by atoms with Gasteiger partial charge in [0.1, 0.15) is 11.6 Å². The highest BCUT2D eigenvalue weighted by atomic mass is 16.5. The summed E-state index contributed by atoms with van der Waals surface area (Å²) in [6, 6.07) is 6.99. The maximum atomic E-state index is 11.9. The quantitative estimate of drug-likeness (QED) is 0.303. The van der Waals surface area contributed by atoms with Crippen molar-refractivity contribution in [2.45, 2.75) is 13.3 Å². The number of oxime groups is 1. The predicted octanol–water partition coefficient (Wildman–Crippen LogP) is 0.952. The monoisotopic (exact) mass is 251 g/mol. The molecule has 0 bridgehead atoms. The molecule has 4 N–H and O–H groups in total. The maximum Gasteiger partial charge on any atom is 0.255 e. The molecule has 18 heavy (non-hydrogen) atoms. The molecule has 0 atom stereocenters. The van der Waals surface area contributed by atoms with E-state index in [-0.39, 0.29) is 11.7 Å². The normalized spacial score (nSPS) is 11.1. The molecule has 98 valence electrons. The van der Waals surface area contributed by atoms with Gasteiger partial charge >= 0.3 is 0 Å². The smallest absolute Gasteiger partial charge is 0.255 e. The summed E-state index contributed by atoms with van der Waals surface area (Å²) in [7, 11) is 0. The fourth-order valence-corrected chi connectivity index (χ4v) is 1.38. The van der Waals surface area contributed by atoms with E-state index in [1.54, 1.807) is 24.3 Å². The Morgan fingerprint density at radius 3 is 2.89 bits per heavy atom. The lowest BCUT2D eigenvalue weighted by Gasteiger charge is -2.10. The molecule has 0 saturated carbocycles. The Kier molecular flexibility index (Phi) is 5.50. The van der Waals surface area contributed by atoms with Gasteiger partial charge in [-0.2, -0.15) is 0 Å². The van der Waals surface area contributed by atoms with Crippen LogP contribution in [0, 0.1) is 0 Å². The van der Waals surface area contributed by atoms with E-state index in [1.807, 2.05) is 6.92 Å². The van der Waals surface area contributed by atoms with Crippen molar-refractivity contribution in [1.29, 1.82) is 0 Å². The SMILES string of the molecule is CCOc1ccccc1C(=O)NCCC(N)=NO. The summed E-state index contributed by atoms with van der Waals surface area (Å²) in [6.45, 7) is 2.65. The molecule has 1 aromatic rings. The Bertz CT molecular complexity index is 432. The van der Waals surface area contributed by atoms with Crippen LogP contribution in [0.1, 0.15) is 23.7 Å². The average Bonchev–Trinajstić information content (AvgIpc) is 2.39. The molecule has 0 fully saturated rings. The van der Waals surface area contributed by atoms with Crippen LogP contribution in [0.25, 0.3) is 0 Å². The average molecular weight is 251 g/mol. The lowest BCUT2D eigenvalue weighted by atomic mass is 10.2. The van der Waals surface area contributed by atoms with Gasteiger partial charge in [0.05, 0.1) is 12.2 Å². The number of rotatable bonds is 6. The minimum atomic E-state index is -0.246. The van der Waals surface area contributed by atoms with E-state index in [0.717, 1.165) is 0 Å². The van der Waals surface area contributed by atoms with Crippen LogP contribution in [0.15, 0.2) is 29.4 Å². The Morgan fingerprint density at radius 2 is 2.22 bits per heavy atom. The molecule has 6 nitrogen and oxygen atoms in total. The molecule has 0 aliphatic carbocycles.